The third-order valence-corrected chi connectivity index (χ3v) is 3.51. The molecule has 112 valence electrons. The quantitative estimate of drug-likeness (QED) is 0.789. The SMILES string of the molecule is CNc1cnc(C(C)C)nc1C(=O)NCCS(C)(=O)=O. The topological polar surface area (TPSA) is 101 Å². The van der Waals surface area contributed by atoms with Crippen molar-refractivity contribution in [2.45, 2.75) is 19.8 Å². The number of sulfone groups is 1. The number of carbonyl (C=O) groups is 1. The summed E-state index contributed by atoms with van der Waals surface area (Å²) in [6.07, 6.45) is 2.67. The van der Waals surface area contributed by atoms with E-state index in [2.05, 4.69) is 20.6 Å². The van der Waals surface area contributed by atoms with Gasteiger partial charge in [0.1, 0.15) is 15.7 Å². The Morgan fingerprint density at radius 1 is 1.40 bits per heavy atom. The Bertz CT molecular complexity index is 584. The molecule has 0 radical (unpaired) electrons. The average molecular weight is 300 g/mol. The Labute approximate surface area is 119 Å². The Morgan fingerprint density at radius 2 is 2.05 bits per heavy atom. The Hall–Kier alpha value is -1.70. The number of carbonyl (C=O) groups excluding carboxylic acids is 1. The fourth-order valence-electron chi connectivity index (χ4n) is 1.46. The Morgan fingerprint density at radius 3 is 2.55 bits per heavy atom. The average Bonchev–Trinajstić information content (AvgIpc) is 2.36. The van der Waals surface area contributed by atoms with E-state index in [4.69, 9.17) is 0 Å². The molecular weight excluding hydrogens is 280 g/mol. The Balaban J connectivity index is 2.87. The summed E-state index contributed by atoms with van der Waals surface area (Å²) in [5.41, 5.74) is 0.728. The first-order valence-electron chi connectivity index (χ1n) is 6.25. The van der Waals surface area contributed by atoms with Crippen LogP contribution in [0.1, 0.15) is 36.1 Å². The lowest BCUT2D eigenvalue weighted by molar-refractivity contribution is 0.0951. The summed E-state index contributed by atoms with van der Waals surface area (Å²) >= 11 is 0. The van der Waals surface area contributed by atoms with Crippen molar-refractivity contribution in [3.63, 3.8) is 0 Å². The fourth-order valence-corrected chi connectivity index (χ4v) is 1.94. The third-order valence-electron chi connectivity index (χ3n) is 2.57. The Kier molecular flexibility index (Phi) is 5.43. The van der Waals surface area contributed by atoms with Crippen LogP contribution in [0, 0.1) is 0 Å². The number of nitrogens with zero attached hydrogens (tertiary/aromatic N) is 2. The lowest BCUT2D eigenvalue weighted by Gasteiger charge is -2.11. The van der Waals surface area contributed by atoms with Gasteiger partial charge in [-0.15, -0.1) is 0 Å². The van der Waals surface area contributed by atoms with Gasteiger partial charge >= 0.3 is 0 Å². The van der Waals surface area contributed by atoms with Gasteiger partial charge in [-0.2, -0.15) is 0 Å². The van der Waals surface area contributed by atoms with Crippen molar-refractivity contribution < 1.29 is 13.2 Å². The first kappa shape index (κ1) is 16.4. The lowest BCUT2D eigenvalue weighted by atomic mass is 10.2. The van der Waals surface area contributed by atoms with Crippen LogP contribution in [0.25, 0.3) is 0 Å². The molecule has 1 rings (SSSR count). The van der Waals surface area contributed by atoms with Gasteiger partial charge in [-0.05, 0) is 0 Å². The molecule has 0 aliphatic rings. The zero-order chi connectivity index (χ0) is 15.3. The van der Waals surface area contributed by atoms with Crippen molar-refractivity contribution in [2.24, 2.45) is 0 Å². The van der Waals surface area contributed by atoms with Crippen LogP contribution in [0.4, 0.5) is 5.69 Å². The van der Waals surface area contributed by atoms with E-state index in [9.17, 15) is 13.2 Å². The molecule has 0 fully saturated rings. The second-order valence-corrected chi connectivity index (χ2v) is 7.04. The predicted molar refractivity (Wildman–Crippen MR) is 77.7 cm³/mol. The zero-order valence-corrected chi connectivity index (χ0v) is 12.9. The van der Waals surface area contributed by atoms with E-state index >= 15 is 0 Å². The van der Waals surface area contributed by atoms with Gasteiger partial charge in [-0.1, -0.05) is 13.8 Å². The molecule has 0 atom stereocenters. The van der Waals surface area contributed by atoms with E-state index in [1.54, 1.807) is 13.2 Å². The molecule has 1 heterocycles. The van der Waals surface area contributed by atoms with Crippen LogP contribution in [0.3, 0.4) is 0 Å². The van der Waals surface area contributed by atoms with Crippen molar-refractivity contribution >= 4 is 21.4 Å². The van der Waals surface area contributed by atoms with Crippen molar-refractivity contribution in [1.82, 2.24) is 15.3 Å². The highest BCUT2D eigenvalue weighted by Crippen LogP contribution is 2.15. The van der Waals surface area contributed by atoms with E-state index in [-0.39, 0.29) is 23.9 Å². The number of hydrogen-bond acceptors (Lipinski definition) is 6. The van der Waals surface area contributed by atoms with Gasteiger partial charge in [0.2, 0.25) is 0 Å². The zero-order valence-electron chi connectivity index (χ0n) is 12.1. The standard InChI is InChI=1S/C12H20N4O3S/c1-8(2)11-15-7-9(13-3)10(16-11)12(17)14-5-6-20(4,18)19/h7-8,13H,5-6H2,1-4H3,(H,14,17). The fraction of sp³-hybridized carbons (Fsp3) is 0.583. The molecule has 0 spiro atoms. The first-order chi connectivity index (χ1) is 9.24. The summed E-state index contributed by atoms with van der Waals surface area (Å²) in [5.74, 6) is 0.151. The molecular formula is C12H20N4O3S. The van der Waals surface area contributed by atoms with Gasteiger partial charge in [0.25, 0.3) is 5.91 Å². The molecule has 1 aromatic rings. The molecule has 2 N–H and O–H groups in total. The maximum absolute atomic E-state index is 12.0. The van der Waals surface area contributed by atoms with Crippen molar-refractivity contribution in [2.75, 3.05) is 30.9 Å². The molecule has 0 aromatic carbocycles. The maximum Gasteiger partial charge on any atom is 0.272 e. The smallest absolute Gasteiger partial charge is 0.272 e. The van der Waals surface area contributed by atoms with Crippen LogP contribution < -0.4 is 10.6 Å². The minimum Gasteiger partial charge on any atom is -0.385 e. The van der Waals surface area contributed by atoms with Crippen LogP contribution in [-0.4, -0.2) is 49.9 Å². The van der Waals surface area contributed by atoms with Gasteiger partial charge in [0.05, 0.1) is 17.6 Å². The van der Waals surface area contributed by atoms with Gasteiger partial charge < -0.3 is 10.6 Å². The van der Waals surface area contributed by atoms with Crippen molar-refractivity contribution in [3.8, 4) is 0 Å². The van der Waals surface area contributed by atoms with Crippen molar-refractivity contribution in [3.05, 3.63) is 17.7 Å². The number of aromatic nitrogens is 2. The summed E-state index contributed by atoms with van der Waals surface area (Å²) < 4.78 is 22.1. The predicted octanol–water partition coefficient (Wildman–Crippen LogP) is 0.416. The summed E-state index contributed by atoms with van der Waals surface area (Å²) in [7, 11) is -1.43. The highest BCUT2D eigenvalue weighted by atomic mass is 32.2. The number of rotatable bonds is 6. The van der Waals surface area contributed by atoms with Crippen LogP contribution in [0.15, 0.2) is 6.20 Å². The number of amides is 1. The second-order valence-electron chi connectivity index (χ2n) is 4.78. The van der Waals surface area contributed by atoms with Gasteiger partial charge in [0.15, 0.2) is 5.69 Å². The van der Waals surface area contributed by atoms with E-state index < -0.39 is 15.7 Å². The molecule has 0 unspecified atom stereocenters. The molecule has 0 aliphatic carbocycles. The number of hydrogen-bond donors (Lipinski definition) is 2. The summed E-state index contributed by atoms with van der Waals surface area (Å²) in [4.78, 5) is 20.4. The highest BCUT2D eigenvalue weighted by molar-refractivity contribution is 7.90. The summed E-state index contributed by atoms with van der Waals surface area (Å²) in [6.45, 7) is 3.92. The third kappa shape index (κ3) is 4.76. The summed E-state index contributed by atoms with van der Waals surface area (Å²) in [5, 5.41) is 5.39. The molecule has 1 aromatic heterocycles. The molecule has 0 saturated carbocycles. The van der Waals surface area contributed by atoms with Gasteiger partial charge in [-0.3, -0.25) is 4.79 Å². The van der Waals surface area contributed by atoms with Crippen LogP contribution >= 0.6 is 0 Å². The first-order valence-corrected chi connectivity index (χ1v) is 8.31. The minimum absolute atomic E-state index is 0.0574. The van der Waals surface area contributed by atoms with Crippen LogP contribution in [-0.2, 0) is 9.84 Å². The van der Waals surface area contributed by atoms with E-state index in [0.717, 1.165) is 6.26 Å². The van der Waals surface area contributed by atoms with Gasteiger partial charge in [-0.25, -0.2) is 18.4 Å². The molecule has 0 bridgehead atoms. The second kappa shape index (κ2) is 6.65. The van der Waals surface area contributed by atoms with E-state index in [0.29, 0.717) is 11.5 Å². The minimum atomic E-state index is -3.10. The van der Waals surface area contributed by atoms with Crippen molar-refractivity contribution in [1.29, 1.82) is 0 Å². The largest absolute Gasteiger partial charge is 0.385 e. The summed E-state index contributed by atoms with van der Waals surface area (Å²) in [6, 6.07) is 0. The highest BCUT2D eigenvalue weighted by Gasteiger charge is 2.16. The normalized spacial score (nSPS) is 11.4. The maximum atomic E-state index is 12.0. The molecule has 20 heavy (non-hydrogen) atoms. The van der Waals surface area contributed by atoms with Crippen LogP contribution in [0.2, 0.25) is 0 Å². The molecule has 0 saturated heterocycles. The lowest BCUT2D eigenvalue weighted by Crippen LogP contribution is -2.30. The molecule has 7 nitrogen and oxygen atoms in total. The number of anilines is 1. The van der Waals surface area contributed by atoms with E-state index in [1.807, 2.05) is 13.8 Å². The monoisotopic (exact) mass is 300 g/mol. The number of nitrogens with one attached hydrogen (secondary N) is 2. The van der Waals surface area contributed by atoms with E-state index in [1.165, 1.54) is 0 Å². The van der Waals surface area contributed by atoms with Crippen LogP contribution in [0.5, 0.6) is 0 Å². The molecule has 1 amide bonds. The molecule has 0 aliphatic heterocycles. The van der Waals surface area contributed by atoms with Gasteiger partial charge in [0, 0.05) is 25.8 Å². The molecule has 8 heteroatoms.